The molecule has 3 heteroatoms. The summed E-state index contributed by atoms with van der Waals surface area (Å²) in [4.78, 5) is 5.01. The number of hydrogen-bond acceptors (Lipinski definition) is 3. The summed E-state index contributed by atoms with van der Waals surface area (Å²) in [6.45, 7) is 10.4. The molecule has 1 heterocycles. The Morgan fingerprint density at radius 1 is 1.38 bits per heavy atom. The zero-order valence-electron chi connectivity index (χ0n) is 11.7. The molecular weight excluding hydrogens is 198 g/mol. The van der Waals surface area contributed by atoms with Gasteiger partial charge in [0.1, 0.15) is 0 Å². The second-order valence-electron chi connectivity index (χ2n) is 5.34. The third-order valence-electron chi connectivity index (χ3n) is 3.98. The predicted molar refractivity (Wildman–Crippen MR) is 70.9 cm³/mol. The third-order valence-corrected chi connectivity index (χ3v) is 3.98. The van der Waals surface area contributed by atoms with E-state index in [1.165, 1.54) is 25.9 Å². The largest absolute Gasteiger partial charge is 0.313 e. The Balaban J connectivity index is 2.46. The smallest absolute Gasteiger partial charge is 0.0219 e. The monoisotopic (exact) mass is 227 g/mol. The maximum atomic E-state index is 3.53. The molecule has 3 unspecified atom stereocenters. The lowest BCUT2D eigenvalue weighted by Crippen LogP contribution is -2.53. The topological polar surface area (TPSA) is 18.5 Å². The van der Waals surface area contributed by atoms with E-state index in [4.69, 9.17) is 0 Å². The highest BCUT2D eigenvalue weighted by Crippen LogP contribution is 2.17. The van der Waals surface area contributed by atoms with Crippen LogP contribution in [0.25, 0.3) is 0 Å². The lowest BCUT2D eigenvalue weighted by molar-refractivity contribution is 0.0885. The van der Waals surface area contributed by atoms with Gasteiger partial charge in [0, 0.05) is 24.7 Å². The van der Waals surface area contributed by atoms with Crippen molar-refractivity contribution in [2.45, 2.75) is 51.7 Å². The Hall–Kier alpha value is -0.120. The van der Waals surface area contributed by atoms with Crippen molar-refractivity contribution < 1.29 is 0 Å². The SMILES string of the molecule is CCNC(C)C(C)N1CCCC(N(C)C)C1. The van der Waals surface area contributed by atoms with Crippen LogP contribution in [-0.2, 0) is 0 Å². The summed E-state index contributed by atoms with van der Waals surface area (Å²) in [5.41, 5.74) is 0. The normalized spacial score (nSPS) is 27.0. The zero-order chi connectivity index (χ0) is 12.1. The van der Waals surface area contributed by atoms with E-state index < -0.39 is 0 Å². The van der Waals surface area contributed by atoms with E-state index in [-0.39, 0.29) is 0 Å². The number of rotatable bonds is 5. The number of nitrogens with zero attached hydrogens (tertiary/aromatic N) is 2. The average Bonchev–Trinajstić information content (AvgIpc) is 2.28. The fourth-order valence-electron chi connectivity index (χ4n) is 2.58. The highest BCUT2D eigenvalue weighted by molar-refractivity contribution is 4.85. The Morgan fingerprint density at radius 2 is 2.06 bits per heavy atom. The highest BCUT2D eigenvalue weighted by Gasteiger charge is 2.26. The Kier molecular flexibility index (Phi) is 5.73. The summed E-state index contributed by atoms with van der Waals surface area (Å²) < 4.78 is 0. The van der Waals surface area contributed by atoms with Gasteiger partial charge >= 0.3 is 0 Å². The molecule has 1 rings (SSSR count). The minimum absolute atomic E-state index is 0.589. The van der Waals surface area contributed by atoms with Gasteiger partial charge in [0.15, 0.2) is 0 Å². The van der Waals surface area contributed by atoms with E-state index in [9.17, 15) is 0 Å². The molecule has 0 bridgehead atoms. The van der Waals surface area contributed by atoms with E-state index >= 15 is 0 Å². The molecule has 0 aromatic heterocycles. The van der Waals surface area contributed by atoms with Gasteiger partial charge in [-0.1, -0.05) is 6.92 Å². The third kappa shape index (κ3) is 3.72. The van der Waals surface area contributed by atoms with E-state index in [1.807, 2.05) is 0 Å². The van der Waals surface area contributed by atoms with E-state index in [2.05, 4.69) is 50.0 Å². The number of nitrogens with one attached hydrogen (secondary N) is 1. The zero-order valence-corrected chi connectivity index (χ0v) is 11.7. The van der Waals surface area contributed by atoms with Gasteiger partial charge in [-0.05, 0) is 53.9 Å². The van der Waals surface area contributed by atoms with Crippen molar-refractivity contribution in [3.63, 3.8) is 0 Å². The van der Waals surface area contributed by atoms with Crippen molar-refractivity contribution in [3.05, 3.63) is 0 Å². The van der Waals surface area contributed by atoms with Gasteiger partial charge in [-0.3, -0.25) is 4.90 Å². The van der Waals surface area contributed by atoms with Gasteiger partial charge in [0.05, 0.1) is 0 Å². The number of hydrogen-bond donors (Lipinski definition) is 1. The van der Waals surface area contributed by atoms with Crippen LogP contribution in [-0.4, -0.2) is 61.7 Å². The van der Waals surface area contributed by atoms with Gasteiger partial charge in [-0.15, -0.1) is 0 Å². The van der Waals surface area contributed by atoms with Gasteiger partial charge in [-0.25, -0.2) is 0 Å². The maximum Gasteiger partial charge on any atom is 0.0219 e. The molecule has 1 N–H and O–H groups in total. The molecule has 0 saturated carbocycles. The van der Waals surface area contributed by atoms with E-state index in [1.54, 1.807) is 0 Å². The molecule has 3 nitrogen and oxygen atoms in total. The highest BCUT2D eigenvalue weighted by atomic mass is 15.2. The molecule has 0 aliphatic carbocycles. The van der Waals surface area contributed by atoms with Crippen molar-refractivity contribution in [1.82, 2.24) is 15.1 Å². The first kappa shape index (κ1) is 13.9. The van der Waals surface area contributed by atoms with Crippen molar-refractivity contribution in [3.8, 4) is 0 Å². The Bertz CT molecular complexity index is 194. The van der Waals surface area contributed by atoms with Crippen LogP contribution in [0.4, 0.5) is 0 Å². The van der Waals surface area contributed by atoms with Crippen LogP contribution in [0.5, 0.6) is 0 Å². The van der Waals surface area contributed by atoms with Crippen LogP contribution in [0.15, 0.2) is 0 Å². The van der Waals surface area contributed by atoms with Gasteiger partial charge in [0.2, 0.25) is 0 Å². The molecule has 16 heavy (non-hydrogen) atoms. The predicted octanol–water partition coefficient (Wildman–Crippen LogP) is 1.40. The standard InChI is InChI=1S/C13H29N3/c1-6-14-11(2)12(3)16-9-7-8-13(10-16)15(4)5/h11-14H,6-10H2,1-5H3. The summed E-state index contributed by atoms with van der Waals surface area (Å²) in [7, 11) is 4.40. The molecule has 0 radical (unpaired) electrons. The molecule has 0 aromatic rings. The molecule has 3 atom stereocenters. The number of likely N-dealkylation sites (tertiary alicyclic amines) is 1. The Morgan fingerprint density at radius 3 is 2.62 bits per heavy atom. The van der Waals surface area contributed by atoms with Crippen LogP contribution in [0.1, 0.15) is 33.6 Å². The molecule has 96 valence electrons. The van der Waals surface area contributed by atoms with E-state index in [0.29, 0.717) is 12.1 Å². The summed E-state index contributed by atoms with van der Waals surface area (Å²) in [5.74, 6) is 0. The minimum atomic E-state index is 0.589. The van der Waals surface area contributed by atoms with Crippen molar-refractivity contribution in [1.29, 1.82) is 0 Å². The fourth-order valence-corrected chi connectivity index (χ4v) is 2.58. The summed E-state index contributed by atoms with van der Waals surface area (Å²) >= 11 is 0. The first-order valence-electron chi connectivity index (χ1n) is 6.70. The summed E-state index contributed by atoms with van der Waals surface area (Å²) in [6.07, 6.45) is 2.69. The number of piperidine rings is 1. The quantitative estimate of drug-likeness (QED) is 0.766. The molecular formula is C13H29N3. The molecule has 0 amide bonds. The van der Waals surface area contributed by atoms with E-state index in [0.717, 1.165) is 12.6 Å². The molecule has 0 spiro atoms. The van der Waals surface area contributed by atoms with Crippen LogP contribution >= 0.6 is 0 Å². The van der Waals surface area contributed by atoms with Crippen molar-refractivity contribution in [2.75, 3.05) is 33.7 Å². The van der Waals surface area contributed by atoms with Crippen molar-refractivity contribution in [2.24, 2.45) is 0 Å². The molecule has 1 aliphatic heterocycles. The first-order valence-corrected chi connectivity index (χ1v) is 6.70. The lowest BCUT2D eigenvalue weighted by Gasteiger charge is -2.41. The molecule has 0 aromatic carbocycles. The van der Waals surface area contributed by atoms with Gasteiger partial charge < -0.3 is 10.2 Å². The molecule has 1 fully saturated rings. The molecule has 1 aliphatic rings. The van der Waals surface area contributed by atoms with Crippen molar-refractivity contribution >= 4 is 0 Å². The van der Waals surface area contributed by atoms with Crippen LogP contribution in [0.2, 0.25) is 0 Å². The second kappa shape index (κ2) is 6.58. The van der Waals surface area contributed by atoms with Crippen LogP contribution < -0.4 is 5.32 Å². The number of likely N-dealkylation sites (N-methyl/N-ethyl adjacent to an activating group) is 2. The van der Waals surface area contributed by atoms with Crippen LogP contribution in [0, 0.1) is 0 Å². The summed E-state index contributed by atoms with van der Waals surface area (Å²) in [5, 5.41) is 3.53. The van der Waals surface area contributed by atoms with Gasteiger partial charge in [0.25, 0.3) is 0 Å². The second-order valence-corrected chi connectivity index (χ2v) is 5.34. The van der Waals surface area contributed by atoms with Crippen LogP contribution in [0.3, 0.4) is 0 Å². The summed E-state index contributed by atoms with van der Waals surface area (Å²) in [6, 6.07) is 1.97. The Labute approximate surface area is 101 Å². The molecule has 1 saturated heterocycles. The van der Waals surface area contributed by atoms with Gasteiger partial charge in [-0.2, -0.15) is 0 Å². The fraction of sp³-hybridized carbons (Fsp3) is 1.00. The first-order chi connectivity index (χ1) is 7.56. The average molecular weight is 227 g/mol. The minimum Gasteiger partial charge on any atom is -0.313 e. The maximum absolute atomic E-state index is 3.53. The lowest BCUT2D eigenvalue weighted by atomic mass is 10.0.